The predicted molar refractivity (Wildman–Crippen MR) is 202 cm³/mol. The monoisotopic (exact) mass is 898 g/mol. The molecular formula is C37H31ClF8N10O4S. The summed E-state index contributed by atoms with van der Waals surface area (Å²) in [4.78, 5) is 33.1. The molecule has 14 nitrogen and oxygen atoms in total. The number of carbonyl (C=O) groups is 1. The number of fused-ring (bicyclic) bond motifs is 4. The maximum absolute atomic E-state index is 15.5. The first-order valence-electron chi connectivity index (χ1n) is 18.2. The van der Waals surface area contributed by atoms with E-state index in [1.807, 2.05) is 0 Å². The quantitative estimate of drug-likeness (QED) is 0.126. The molecule has 8 rings (SSSR count). The molecule has 61 heavy (non-hydrogen) atoms. The SMILES string of the molecule is Cn1nc(NS(C)(=O)=O)c2c(Cl)ccc(-n3c([C@H](Cc4cc(F)cc(F)c4)NC(=O)Cn4nc(C(F)F)c5c4C(F)(F)[C@@H]4C[C@H]54)nc(-c4ccn(CC(C)(F)F)n4)cc3=O)c21. The lowest BCUT2D eigenvalue weighted by Gasteiger charge is -2.24. The van der Waals surface area contributed by atoms with Gasteiger partial charge in [0.1, 0.15) is 47.6 Å². The number of hydrogen-bond donors (Lipinski definition) is 2. The van der Waals surface area contributed by atoms with Gasteiger partial charge >= 0.3 is 0 Å². The average molecular weight is 899 g/mol. The van der Waals surface area contributed by atoms with E-state index in [0.717, 1.165) is 33.7 Å². The molecule has 2 aliphatic rings. The van der Waals surface area contributed by atoms with Gasteiger partial charge in [0.25, 0.3) is 23.8 Å². The Kier molecular flexibility index (Phi) is 10.1. The largest absolute Gasteiger partial charge is 0.344 e. The summed E-state index contributed by atoms with van der Waals surface area (Å²) in [6.07, 6.45) is -1.79. The van der Waals surface area contributed by atoms with Gasteiger partial charge in [0.2, 0.25) is 15.9 Å². The van der Waals surface area contributed by atoms with Gasteiger partial charge in [0, 0.05) is 50.2 Å². The molecule has 0 bridgehead atoms. The first kappa shape index (κ1) is 41.9. The highest BCUT2D eigenvalue weighted by Crippen LogP contribution is 2.68. The number of carbonyl (C=O) groups excluding carboxylic acids is 1. The number of nitrogens with one attached hydrogen (secondary N) is 2. The smallest absolute Gasteiger partial charge is 0.293 e. The van der Waals surface area contributed by atoms with Gasteiger partial charge < -0.3 is 5.32 Å². The van der Waals surface area contributed by atoms with E-state index in [-0.39, 0.29) is 56.4 Å². The van der Waals surface area contributed by atoms with Crippen molar-refractivity contribution >= 4 is 44.3 Å². The Morgan fingerprint density at radius 3 is 2.41 bits per heavy atom. The number of halogens is 9. The van der Waals surface area contributed by atoms with E-state index in [2.05, 4.69) is 30.3 Å². The summed E-state index contributed by atoms with van der Waals surface area (Å²) >= 11 is 6.54. The van der Waals surface area contributed by atoms with Crippen LogP contribution in [0.1, 0.15) is 60.1 Å². The molecule has 1 fully saturated rings. The van der Waals surface area contributed by atoms with Gasteiger partial charge in [0.15, 0.2) is 5.82 Å². The molecule has 4 aromatic heterocycles. The summed E-state index contributed by atoms with van der Waals surface area (Å²) in [6, 6.07) is 5.62. The summed E-state index contributed by atoms with van der Waals surface area (Å²) in [6.45, 7) is -1.25. The number of benzene rings is 2. The second-order valence-electron chi connectivity index (χ2n) is 15.1. The third-order valence-corrected chi connectivity index (χ3v) is 11.1. The van der Waals surface area contributed by atoms with Crippen molar-refractivity contribution < 1.29 is 48.3 Å². The molecule has 4 heterocycles. The normalized spacial score (nSPS) is 17.5. The van der Waals surface area contributed by atoms with Crippen LogP contribution in [0, 0.1) is 17.6 Å². The van der Waals surface area contributed by atoms with Crippen LogP contribution in [0.15, 0.2) is 53.5 Å². The van der Waals surface area contributed by atoms with Crippen molar-refractivity contribution in [2.45, 2.75) is 63.1 Å². The summed E-state index contributed by atoms with van der Waals surface area (Å²) in [5.41, 5.74) is -3.50. The molecule has 0 radical (unpaired) electrons. The molecule has 0 saturated heterocycles. The summed E-state index contributed by atoms with van der Waals surface area (Å²) in [5, 5.41) is 14.6. The number of amides is 1. The van der Waals surface area contributed by atoms with Crippen LogP contribution in [-0.4, -0.2) is 65.4 Å². The molecule has 24 heteroatoms. The molecule has 2 N–H and O–H groups in total. The van der Waals surface area contributed by atoms with Crippen molar-refractivity contribution in [1.82, 2.24) is 44.2 Å². The highest BCUT2D eigenvalue weighted by atomic mass is 35.5. The van der Waals surface area contributed by atoms with E-state index in [9.17, 15) is 44.3 Å². The first-order valence-corrected chi connectivity index (χ1v) is 20.5. The molecule has 2 aliphatic carbocycles. The average Bonchev–Trinajstić information content (AvgIpc) is 3.34. The summed E-state index contributed by atoms with van der Waals surface area (Å²) in [7, 11) is -2.56. The molecule has 2 aromatic carbocycles. The van der Waals surface area contributed by atoms with Crippen molar-refractivity contribution in [2.75, 3.05) is 11.0 Å². The molecule has 6 aromatic rings. The van der Waals surface area contributed by atoms with Crippen LogP contribution in [0.2, 0.25) is 5.02 Å². The van der Waals surface area contributed by atoms with Crippen molar-refractivity contribution in [3.63, 3.8) is 0 Å². The van der Waals surface area contributed by atoms with Crippen LogP contribution in [-0.2, 0) is 47.3 Å². The Bertz CT molecular complexity index is 2920. The zero-order chi connectivity index (χ0) is 44.1. The first-order chi connectivity index (χ1) is 28.5. The number of nitrogens with zero attached hydrogens (tertiary/aromatic N) is 8. The fraction of sp³-hybridized carbons (Fsp3) is 0.351. The van der Waals surface area contributed by atoms with Gasteiger partial charge in [-0.2, -0.15) is 24.1 Å². The number of aromatic nitrogens is 8. The van der Waals surface area contributed by atoms with Gasteiger partial charge in [-0.25, -0.2) is 39.7 Å². The minimum atomic E-state index is -3.95. The second-order valence-corrected chi connectivity index (χ2v) is 17.2. The van der Waals surface area contributed by atoms with Crippen LogP contribution in [0.3, 0.4) is 0 Å². The Morgan fingerprint density at radius 1 is 1.05 bits per heavy atom. The maximum Gasteiger partial charge on any atom is 0.293 e. The van der Waals surface area contributed by atoms with Gasteiger partial charge in [-0.3, -0.25) is 32.9 Å². The molecule has 1 saturated carbocycles. The minimum Gasteiger partial charge on any atom is -0.344 e. The van der Waals surface area contributed by atoms with Crippen molar-refractivity contribution in [2.24, 2.45) is 13.0 Å². The standard InChI is InChI=1S/C37H31ClF8N10O4S/c1-36(43,44)15-54-7-6-22(49-54)23-13-27(58)56(25-5-4-21(38)29-31(25)53(2)51-34(29)52-61(3,59)60)35(48-23)24(10-16-8-17(39)11-18(40)9-16)47-26(57)14-55-32-28(30(50-55)33(41)42)19-12-20(19)37(32,45)46/h4-9,11,13,19-20,24,33H,10,12,14-15H2,1-3H3,(H,47,57)(H,51,52)/t19-,20+,24-/m0/s1. The second kappa shape index (κ2) is 14.7. The number of alkyl halides is 6. The number of hydrogen-bond acceptors (Lipinski definition) is 8. The van der Waals surface area contributed by atoms with E-state index in [0.29, 0.717) is 17.7 Å². The molecule has 322 valence electrons. The van der Waals surface area contributed by atoms with Crippen LogP contribution in [0.25, 0.3) is 28.0 Å². The third-order valence-electron chi connectivity index (χ3n) is 10.2. The highest BCUT2D eigenvalue weighted by molar-refractivity contribution is 7.92. The van der Waals surface area contributed by atoms with E-state index in [1.54, 1.807) is 0 Å². The van der Waals surface area contributed by atoms with Gasteiger partial charge in [0.05, 0.1) is 39.6 Å². The predicted octanol–water partition coefficient (Wildman–Crippen LogP) is 6.38. The number of aryl methyl sites for hydroxylation is 1. The van der Waals surface area contributed by atoms with E-state index < -0.39 is 106 Å². The van der Waals surface area contributed by atoms with Crippen LogP contribution in [0.5, 0.6) is 0 Å². The Labute approximate surface area is 344 Å². The maximum atomic E-state index is 15.5. The molecule has 3 atom stereocenters. The Morgan fingerprint density at radius 2 is 1.75 bits per heavy atom. The highest BCUT2D eigenvalue weighted by Gasteiger charge is 2.67. The van der Waals surface area contributed by atoms with E-state index >= 15 is 8.78 Å². The molecule has 0 spiro atoms. The number of sulfonamides is 1. The van der Waals surface area contributed by atoms with Crippen molar-refractivity contribution in [3.8, 4) is 17.1 Å². The molecule has 0 unspecified atom stereocenters. The molecular weight excluding hydrogens is 868 g/mol. The van der Waals surface area contributed by atoms with E-state index in [4.69, 9.17) is 11.6 Å². The zero-order valence-electron chi connectivity index (χ0n) is 31.8. The van der Waals surface area contributed by atoms with Crippen LogP contribution < -0.4 is 15.6 Å². The fourth-order valence-electron chi connectivity index (χ4n) is 7.89. The zero-order valence-corrected chi connectivity index (χ0v) is 33.3. The molecule has 1 amide bonds. The summed E-state index contributed by atoms with van der Waals surface area (Å²) < 4.78 is 147. The minimum absolute atomic E-state index is 0.00221. The molecule has 0 aliphatic heterocycles. The van der Waals surface area contributed by atoms with Crippen molar-refractivity contribution in [3.05, 3.63) is 104 Å². The lowest BCUT2D eigenvalue weighted by molar-refractivity contribution is -0.123. The lowest BCUT2D eigenvalue weighted by Crippen LogP contribution is -2.38. The third kappa shape index (κ3) is 7.95. The van der Waals surface area contributed by atoms with Gasteiger partial charge in [-0.15, -0.1) is 0 Å². The fourth-order valence-corrected chi connectivity index (χ4v) is 8.62. The lowest BCUT2D eigenvalue weighted by atomic mass is 10.0. The Hall–Kier alpha value is -5.84. The van der Waals surface area contributed by atoms with Crippen LogP contribution >= 0.6 is 11.6 Å². The van der Waals surface area contributed by atoms with Crippen LogP contribution in [0.4, 0.5) is 40.9 Å². The van der Waals surface area contributed by atoms with Gasteiger partial charge in [-0.05, 0) is 48.2 Å². The topological polar surface area (TPSA) is 164 Å². The van der Waals surface area contributed by atoms with E-state index in [1.165, 1.54) is 36.1 Å². The Balaban J connectivity index is 1.32. The van der Waals surface area contributed by atoms with Crippen molar-refractivity contribution in [1.29, 1.82) is 0 Å². The summed E-state index contributed by atoms with van der Waals surface area (Å²) in [5.74, 6) is -12.8. The van der Waals surface area contributed by atoms with Gasteiger partial charge in [-0.1, -0.05) is 11.6 Å². The number of rotatable bonds is 13. The number of anilines is 1.